The molecule has 1 fully saturated rings. The quantitative estimate of drug-likeness (QED) is 0.311. The van der Waals surface area contributed by atoms with Gasteiger partial charge in [0.1, 0.15) is 12.6 Å². The van der Waals surface area contributed by atoms with E-state index in [2.05, 4.69) is 5.32 Å². The first-order chi connectivity index (χ1) is 19.5. The number of carbonyl (C=O) groups is 2. The number of nitrogens with zero attached hydrogens (tertiary/aromatic N) is 2. The average Bonchev–Trinajstić information content (AvgIpc) is 2.95. The van der Waals surface area contributed by atoms with E-state index in [1.54, 1.807) is 67.6 Å². The number of amides is 2. The van der Waals surface area contributed by atoms with Gasteiger partial charge in [0.2, 0.25) is 11.8 Å². The molecule has 1 saturated carbocycles. The van der Waals surface area contributed by atoms with Crippen molar-refractivity contribution in [2.45, 2.75) is 76.4 Å². The van der Waals surface area contributed by atoms with Gasteiger partial charge in [0.25, 0.3) is 10.0 Å². The summed E-state index contributed by atoms with van der Waals surface area (Å²) in [6, 6.07) is 19.9. The van der Waals surface area contributed by atoms with Gasteiger partial charge in [-0.25, -0.2) is 8.42 Å². The molecule has 0 spiro atoms. The van der Waals surface area contributed by atoms with Gasteiger partial charge >= 0.3 is 0 Å². The van der Waals surface area contributed by atoms with E-state index >= 15 is 0 Å². The molecule has 1 aliphatic carbocycles. The second-order valence-corrected chi connectivity index (χ2v) is 13.1. The molecule has 1 aliphatic rings. The van der Waals surface area contributed by atoms with Crippen LogP contribution in [0.1, 0.15) is 55.7 Å². The molecule has 41 heavy (non-hydrogen) atoms. The highest BCUT2D eigenvalue weighted by Crippen LogP contribution is 2.26. The summed E-state index contributed by atoms with van der Waals surface area (Å²) in [6.07, 6.45) is 5.11. The van der Waals surface area contributed by atoms with Crippen molar-refractivity contribution >= 4 is 39.1 Å². The number of carbonyl (C=O) groups excluding carboxylic acids is 2. The predicted molar refractivity (Wildman–Crippen MR) is 163 cm³/mol. The normalized spacial score (nSPS) is 14.7. The minimum atomic E-state index is -4.10. The van der Waals surface area contributed by atoms with Gasteiger partial charge in [-0.05, 0) is 81.1 Å². The number of hydrogen-bond acceptors (Lipinski definition) is 4. The van der Waals surface area contributed by atoms with Crippen LogP contribution >= 0.6 is 11.6 Å². The number of halogens is 1. The lowest BCUT2D eigenvalue weighted by atomic mass is 9.95. The van der Waals surface area contributed by atoms with Gasteiger partial charge in [-0.15, -0.1) is 0 Å². The van der Waals surface area contributed by atoms with Gasteiger partial charge in [-0.2, -0.15) is 0 Å². The lowest BCUT2D eigenvalue weighted by molar-refractivity contribution is -0.139. The Labute approximate surface area is 248 Å². The summed E-state index contributed by atoms with van der Waals surface area (Å²) in [7, 11) is -4.10. The van der Waals surface area contributed by atoms with Crippen molar-refractivity contribution in [3.05, 3.63) is 94.5 Å². The maximum atomic E-state index is 14.1. The van der Waals surface area contributed by atoms with Crippen molar-refractivity contribution in [2.24, 2.45) is 0 Å². The van der Waals surface area contributed by atoms with Crippen LogP contribution in [0.5, 0.6) is 0 Å². The number of anilines is 1. The van der Waals surface area contributed by atoms with Crippen LogP contribution in [0.4, 0.5) is 5.69 Å². The molecule has 0 aliphatic heterocycles. The predicted octanol–water partition coefficient (Wildman–Crippen LogP) is 6.02. The molecular weight excluding hydrogens is 558 g/mol. The number of aryl methyl sites for hydroxylation is 2. The Morgan fingerprint density at radius 2 is 1.61 bits per heavy atom. The molecule has 0 unspecified atom stereocenters. The molecule has 0 radical (unpaired) electrons. The molecule has 9 heteroatoms. The topological polar surface area (TPSA) is 86.8 Å². The number of sulfonamides is 1. The zero-order chi connectivity index (χ0) is 29.6. The largest absolute Gasteiger partial charge is 0.352 e. The van der Waals surface area contributed by atoms with Crippen LogP contribution in [-0.4, -0.2) is 43.8 Å². The minimum absolute atomic E-state index is 0.0764. The number of hydrogen-bond donors (Lipinski definition) is 1. The van der Waals surface area contributed by atoms with Crippen molar-refractivity contribution in [1.82, 2.24) is 10.2 Å². The Balaban J connectivity index is 1.68. The van der Waals surface area contributed by atoms with E-state index in [0.717, 1.165) is 53.1 Å². The zero-order valence-electron chi connectivity index (χ0n) is 23.8. The van der Waals surface area contributed by atoms with Crippen LogP contribution in [-0.2, 0) is 26.2 Å². The molecular formula is C32H38ClN3O4S. The summed E-state index contributed by atoms with van der Waals surface area (Å²) in [5.74, 6) is -0.746. The number of nitrogens with one attached hydrogen (secondary N) is 1. The molecule has 3 aromatic carbocycles. The standard InChI is InChI=1S/C32H38ClN3O4S/c1-23-15-17-30(18-16-23)41(39,40)36(29-14-7-9-24(2)19-29)22-31(37)35(21-26-10-8-11-27(33)20-26)25(3)32(38)34-28-12-5-4-6-13-28/h7-11,14-20,25,28H,4-6,12-13,21-22H2,1-3H3,(H,34,38)/t25-/m0/s1. The molecule has 3 aromatic rings. The summed E-state index contributed by atoms with van der Waals surface area (Å²) in [4.78, 5) is 29.0. The van der Waals surface area contributed by atoms with Crippen molar-refractivity contribution < 1.29 is 18.0 Å². The first kappa shape index (κ1) is 30.6. The van der Waals surface area contributed by atoms with E-state index in [0.29, 0.717) is 10.7 Å². The molecule has 1 N–H and O–H groups in total. The smallest absolute Gasteiger partial charge is 0.264 e. The Morgan fingerprint density at radius 3 is 2.27 bits per heavy atom. The van der Waals surface area contributed by atoms with Crippen LogP contribution in [0, 0.1) is 13.8 Å². The van der Waals surface area contributed by atoms with E-state index in [4.69, 9.17) is 11.6 Å². The van der Waals surface area contributed by atoms with Crippen LogP contribution < -0.4 is 9.62 Å². The Morgan fingerprint density at radius 1 is 0.927 bits per heavy atom. The van der Waals surface area contributed by atoms with Crippen molar-refractivity contribution in [3.63, 3.8) is 0 Å². The summed E-state index contributed by atoms with van der Waals surface area (Å²) >= 11 is 6.23. The third-order valence-electron chi connectivity index (χ3n) is 7.54. The first-order valence-electron chi connectivity index (χ1n) is 14.0. The Hall–Kier alpha value is -3.36. The highest BCUT2D eigenvalue weighted by Gasteiger charge is 2.33. The molecule has 0 aromatic heterocycles. The van der Waals surface area contributed by atoms with Gasteiger partial charge < -0.3 is 10.2 Å². The molecule has 218 valence electrons. The number of rotatable bonds is 10. The minimum Gasteiger partial charge on any atom is -0.352 e. The van der Waals surface area contributed by atoms with E-state index in [1.807, 2.05) is 26.0 Å². The molecule has 0 saturated heterocycles. The molecule has 0 heterocycles. The summed E-state index contributed by atoms with van der Waals surface area (Å²) < 4.78 is 29.0. The average molecular weight is 596 g/mol. The summed E-state index contributed by atoms with van der Waals surface area (Å²) in [5.41, 5.74) is 2.90. The van der Waals surface area contributed by atoms with Crippen LogP contribution in [0.2, 0.25) is 5.02 Å². The number of benzene rings is 3. The molecule has 4 rings (SSSR count). The monoisotopic (exact) mass is 595 g/mol. The fraction of sp³-hybridized carbons (Fsp3) is 0.375. The van der Waals surface area contributed by atoms with E-state index in [1.165, 1.54) is 4.90 Å². The van der Waals surface area contributed by atoms with Crippen LogP contribution in [0.25, 0.3) is 0 Å². The Bertz CT molecular complexity index is 1470. The van der Waals surface area contributed by atoms with Gasteiger partial charge in [-0.1, -0.05) is 72.8 Å². The van der Waals surface area contributed by atoms with Gasteiger partial charge in [0.05, 0.1) is 10.6 Å². The van der Waals surface area contributed by atoms with Gasteiger partial charge in [-0.3, -0.25) is 13.9 Å². The van der Waals surface area contributed by atoms with Crippen LogP contribution in [0.15, 0.2) is 77.7 Å². The Kier molecular flexibility index (Phi) is 10.1. The van der Waals surface area contributed by atoms with E-state index in [-0.39, 0.29) is 23.4 Å². The highest BCUT2D eigenvalue weighted by molar-refractivity contribution is 7.92. The van der Waals surface area contributed by atoms with Crippen molar-refractivity contribution in [1.29, 1.82) is 0 Å². The van der Waals surface area contributed by atoms with Crippen LogP contribution in [0.3, 0.4) is 0 Å². The SMILES string of the molecule is Cc1ccc(S(=O)(=O)N(CC(=O)N(Cc2cccc(Cl)c2)[C@@H](C)C(=O)NC2CCCCC2)c2cccc(C)c2)cc1. The third kappa shape index (κ3) is 7.89. The molecule has 0 bridgehead atoms. The molecule has 2 amide bonds. The van der Waals surface area contributed by atoms with Crippen molar-refractivity contribution in [2.75, 3.05) is 10.8 Å². The van der Waals surface area contributed by atoms with E-state index in [9.17, 15) is 18.0 Å². The summed E-state index contributed by atoms with van der Waals surface area (Å²) in [5, 5.41) is 3.63. The fourth-order valence-electron chi connectivity index (χ4n) is 5.13. The van der Waals surface area contributed by atoms with E-state index < -0.39 is 28.5 Å². The highest BCUT2D eigenvalue weighted by atomic mass is 35.5. The summed E-state index contributed by atoms with van der Waals surface area (Å²) in [6.45, 7) is 5.06. The van der Waals surface area contributed by atoms with Gasteiger partial charge in [0.15, 0.2) is 0 Å². The maximum absolute atomic E-state index is 14.1. The molecule has 1 atom stereocenters. The second-order valence-electron chi connectivity index (χ2n) is 10.8. The maximum Gasteiger partial charge on any atom is 0.264 e. The third-order valence-corrected chi connectivity index (χ3v) is 9.56. The fourth-order valence-corrected chi connectivity index (χ4v) is 6.75. The lowest BCUT2D eigenvalue weighted by Gasteiger charge is -2.33. The molecule has 7 nitrogen and oxygen atoms in total. The first-order valence-corrected chi connectivity index (χ1v) is 15.9. The second kappa shape index (κ2) is 13.5. The van der Waals surface area contributed by atoms with Crippen molar-refractivity contribution in [3.8, 4) is 0 Å². The van der Waals surface area contributed by atoms with Gasteiger partial charge in [0, 0.05) is 17.6 Å². The zero-order valence-corrected chi connectivity index (χ0v) is 25.4. The lowest BCUT2D eigenvalue weighted by Crippen LogP contribution is -2.53.